The van der Waals surface area contributed by atoms with E-state index in [1.165, 1.54) is 16.9 Å². The molecule has 1 amide bonds. The fraction of sp³-hybridized carbons (Fsp3) is 0.444. The number of carbonyl (C=O) groups is 1. The summed E-state index contributed by atoms with van der Waals surface area (Å²) in [5.74, 6) is -0.130. The minimum Gasteiger partial charge on any atom is -0.367 e. The molecule has 0 radical (unpaired) electrons. The molecule has 2 heterocycles. The third kappa shape index (κ3) is 3.14. The van der Waals surface area contributed by atoms with Crippen molar-refractivity contribution in [2.24, 2.45) is 5.73 Å². The average molecular weight is 327 g/mol. The number of rotatable bonds is 5. The van der Waals surface area contributed by atoms with E-state index in [0.29, 0.717) is 25.3 Å². The SMILES string of the molecule is CCn1nc(C(=O)NCCN)c2c1CCN(c1ccc(C)cc1)C2. The Balaban J connectivity index is 1.89. The predicted octanol–water partition coefficient (Wildman–Crippen LogP) is 1.46. The van der Waals surface area contributed by atoms with Gasteiger partial charge in [0.25, 0.3) is 5.91 Å². The third-order valence-corrected chi connectivity index (χ3v) is 4.48. The van der Waals surface area contributed by atoms with Crippen LogP contribution in [0.1, 0.15) is 34.2 Å². The topological polar surface area (TPSA) is 76.2 Å². The van der Waals surface area contributed by atoms with Gasteiger partial charge < -0.3 is 16.0 Å². The van der Waals surface area contributed by atoms with E-state index in [1.807, 2.05) is 4.68 Å². The lowest BCUT2D eigenvalue weighted by Gasteiger charge is -2.29. The second kappa shape index (κ2) is 7.05. The van der Waals surface area contributed by atoms with Crippen LogP contribution >= 0.6 is 0 Å². The maximum Gasteiger partial charge on any atom is 0.272 e. The summed E-state index contributed by atoms with van der Waals surface area (Å²) in [4.78, 5) is 14.7. The molecule has 1 aromatic heterocycles. The average Bonchev–Trinajstić information content (AvgIpc) is 2.98. The quantitative estimate of drug-likeness (QED) is 0.872. The molecule has 3 rings (SSSR count). The van der Waals surface area contributed by atoms with Crippen molar-refractivity contribution in [3.63, 3.8) is 0 Å². The Kier molecular flexibility index (Phi) is 4.85. The van der Waals surface area contributed by atoms with Gasteiger partial charge in [-0.1, -0.05) is 17.7 Å². The van der Waals surface area contributed by atoms with E-state index in [4.69, 9.17) is 5.73 Å². The van der Waals surface area contributed by atoms with Crippen LogP contribution in [0.15, 0.2) is 24.3 Å². The highest BCUT2D eigenvalue weighted by atomic mass is 16.1. The van der Waals surface area contributed by atoms with Gasteiger partial charge in [0, 0.05) is 56.1 Å². The van der Waals surface area contributed by atoms with Crippen LogP contribution < -0.4 is 16.0 Å². The smallest absolute Gasteiger partial charge is 0.272 e. The molecule has 24 heavy (non-hydrogen) atoms. The molecule has 0 spiro atoms. The number of benzene rings is 1. The highest BCUT2D eigenvalue weighted by Gasteiger charge is 2.27. The van der Waals surface area contributed by atoms with Crippen LogP contribution in [0.25, 0.3) is 0 Å². The molecule has 0 atom stereocenters. The Hall–Kier alpha value is -2.34. The largest absolute Gasteiger partial charge is 0.367 e. The van der Waals surface area contributed by atoms with E-state index in [2.05, 4.69) is 53.4 Å². The Morgan fingerprint density at radius 1 is 1.33 bits per heavy atom. The molecule has 0 fully saturated rings. The van der Waals surface area contributed by atoms with Crippen LogP contribution in [0, 0.1) is 6.92 Å². The molecular weight excluding hydrogens is 302 g/mol. The van der Waals surface area contributed by atoms with Crippen molar-refractivity contribution in [3.05, 3.63) is 46.8 Å². The summed E-state index contributed by atoms with van der Waals surface area (Å²) < 4.78 is 1.96. The molecule has 0 unspecified atom stereocenters. The van der Waals surface area contributed by atoms with E-state index in [1.54, 1.807) is 0 Å². The van der Waals surface area contributed by atoms with E-state index in [-0.39, 0.29) is 5.91 Å². The fourth-order valence-corrected chi connectivity index (χ4v) is 3.18. The molecule has 1 aromatic carbocycles. The number of fused-ring (bicyclic) bond motifs is 1. The Morgan fingerprint density at radius 3 is 2.75 bits per heavy atom. The van der Waals surface area contributed by atoms with Crippen molar-refractivity contribution in [2.75, 3.05) is 24.5 Å². The van der Waals surface area contributed by atoms with Gasteiger partial charge >= 0.3 is 0 Å². The zero-order valence-electron chi connectivity index (χ0n) is 14.4. The number of aryl methyl sites for hydroxylation is 2. The molecule has 6 nitrogen and oxygen atoms in total. The maximum absolute atomic E-state index is 12.4. The first-order valence-corrected chi connectivity index (χ1v) is 8.52. The zero-order valence-corrected chi connectivity index (χ0v) is 14.4. The van der Waals surface area contributed by atoms with Gasteiger partial charge in [-0.15, -0.1) is 0 Å². The lowest BCUT2D eigenvalue weighted by Crippen LogP contribution is -2.33. The summed E-state index contributed by atoms with van der Waals surface area (Å²) in [6.45, 7) is 7.46. The van der Waals surface area contributed by atoms with Gasteiger partial charge in [0.15, 0.2) is 5.69 Å². The van der Waals surface area contributed by atoms with Gasteiger partial charge in [-0.05, 0) is 26.0 Å². The Bertz CT molecular complexity index is 720. The summed E-state index contributed by atoms with van der Waals surface area (Å²) in [6, 6.07) is 8.52. The van der Waals surface area contributed by atoms with Crippen LogP contribution in [0.2, 0.25) is 0 Å². The van der Waals surface area contributed by atoms with Crippen molar-refractivity contribution >= 4 is 11.6 Å². The van der Waals surface area contributed by atoms with Gasteiger partial charge in [0.2, 0.25) is 0 Å². The number of amides is 1. The number of nitrogens with zero attached hydrogens (tertiary/aromatic N) is 3. The highest BCUT2D eigenvalue weighted by Crippen LogP contribution is 2.27. The number of anilines is 1. The van der Waals surface area contributed by atoms with E-state index >= 15 is 0 Å². The first-order chi connectivity index (χ1) is 11.6. The van der Waals surface area contributed by atoms with Crippen LogP contribution in [0.4, 0.5) is 5.69 Å². The first-order valence-electron chi connectivity index (χ1n) is 8.52. The van der Waals surface area contributed by atoms with Crippen molar-refractivity contribution in [2.45, 2.75) is 33.4 Å². The molecule has 0 bridgehead atoms. The normalized spacial score (nSPS) is 13.7. The van der Waals surface area contributed by atoms with Gasteiger partial charge in [-0.2, -0.15) is 5.10 Å². The summed E-state index contributed by atoms with van der Waals surface area (Å²) in [5.41, 5.74) is 10.7. The number of nitrogens with two attached hydrogens (primary N) is 1. The zero-order chi connectivity index (χ0) is 17.1. The summed E-state index contributed by atoms with van der Waals surface area (Å²) in [5, 5.41) is 7.38. The molecular formula is C18H25N5O. The molecule has 1 aliphatic rings. The lowest BCUT2D eigenvalue weighted by molar-refractivity contribution is 0.0948. The van der Waals surface area contributed by atoms with Crippen molar-refractivity contribution in [3.8, 4) is 0 Å². The van der Waals surface area contributed by atoms with E-state index in [9.17, 15) is 4.79 Å². The van der Waals surface area contributed by atoms with Crippen molar-refractivity contribution in [1.82, 2.24) is 15.1 Å². The number of nitrogens with one attached hydrogen (secondary N) is 1. The molecule has 3 N–H and O–H groups in total. The summed E-state index contributed by atoms with van der Waals surface area (Å²) in [7, 11) is 0. The van der Waals surface area contributed by atoms with Crippen LogP contribution in [0.3, 0.4) is 0 Å². The fourth-order valence-electron chi connectivity index (χ4n) is 3.18. The monoisotopic (exact) mass is 327 g/mol. The number of hydrogen-bond acceptors (Lipinski definition) is 4. The van der Waals surface area contributed by atoms with Gasteiger partial charge in [0.05, 0.1) is 0 Å². The first kappa shape index (κ1) is 16.5. The van der Waals surface area contributed by atoms with Gasteiger partial charge in [0.1, 0.15) is 0 Å². The second-order valence-corrected chi connectivity index (χ2v) is 6.14. The third-order valence-electron chi connectivity index (χ3n) is 4.48. The van der Waals surface area contributed by atoms with Crippen LogP contribution in [-0.2, 0) is 19.5 Å². The molecule has 128 valence electrons. The molecule has 6 heteroatoms. The van der Waals surface area contributed by atoms with Crippen molar-refractivity contribution < 1.29 is 4.79 Å². The number of carbonyl (C=O) groups excluding carboxylic acids is 1. The Morgan fingerprint density at radius 2 is 2.08 bits per heavy atom. The van der Waals surface area contributed by atoms with Crippen LogP contribution in [-0.4, -0.2) is 35.3 Å². The summed E-state index contributed by atoms with van der Waals surface area (Å²) >= 11 is 0. The number of aromatic nitrogens is 2. The Labute approximate surface area is 142 Å². The van der Waals surface area contributed by atoms with Gasteiger partial charge in [-0.3, -0.25) is 9.48 Å². The molecule has 0 saturated heterocycles. The van der Waals surface area contributed by atoms with E-state index < -0.39 is 0 Å². The lowest BCUT2D eigenvalue weighted by atomic mass is 10.0. The summed E-state index contributed by atoms with van der Waals surface area (Å²) in [6.07, 6.45) is 0.897. The molecule has 0 saturated carbocycles. The molecule has 0 aliphatic carbocycles. The van der Waals surface area contributed by atoms with Crippen molar-refractivity contribution in [1.29, 1.82) is 0 Å². The minimum absolute atomic E-state index is 0.130. The van der Waals surface area contributed by atoms with Crippen LogP contribution in [0.5, 0.6) is 0 Å². The molecule has 2 aromatic rings. The number of hydrogen-bond donors (Lipinski definition) is 2. The second-order valence-electron chi connectivity index (χ2n) is 6.14. The highest BCUT2D eigenvalue weighted by molar-refractivity contribution is 5.94. The predicted molar refractivity (Wildman–Crippen MR) is 95.2 cm³/mol. The van der Waals surface area contributed by atoms with E-state index in [0.717, 1.165) is 25.1 Å². The maximum atomic E-state index is 12.4. The standard InChI is InChI=1S/C18H25N5O/c1-3-23-16-8-11-22(14-6-4-13(2)5-7-14)12-15(16)17(21-23)18(24)20-10-9-19/h4-7H,3,8-12,19H2,1-2H3,(H,20,24). The molecule has 1 aliphatic heterocycles. The minimum atomic E-state index is -0.130. The van der Waals surface area contributed by atoms with Gasteiger partial charge in [-0.25, -0.2) is 0 Å².